The quantitative estimate of drug-likeness (QED) is 0.568. The molecule has 2 N–H and O–H groups in total. The predicted molar refractivity (Wildman–Crippen MR) is 78.7 cm³/mol. The number of anilines is 2. The lowest BCUT2D eigenvalue weighted by Gasteiger charge is -2.06. The zero-order chi connectivity index (χ0) is 14.8. The molecule has 1 heterocycles. The molecule has 0 spiro atoms. The van der Waals surface area contributed by atoms with Crippen molar-refractivity contribution < 1.29 is 4.92 Å². The number of hydrogen-bond donors (Lipinski definition) is 2. The molecular formula is C14H10N4O3. The van der Waals surface area contributed by atoms with Crippen LogP contribution in [0.3, 0.4) is 0 Å². The van der Waals surface area contributed by atoms with Gasteiger partial charge in [-0.2, -0.15) is 0 Å². The number of hydrogen-bond acceptors (Lipinski definition) is 5. The molecule has 0 atom stereocenters. The van der Waals surface area contributed by atoms with E-state index in [2.05, 4.69) is 15.3 Å². The highest BCUT2D eigenvalue weighted by atomic mass is 16.6. The summed E-state index contributed by atoms with van der Waals surface area (Å²) in [7, 11) is 0. The van der Waals surface area contributed by atoms with E-state index in [0.717, 1.165) is 5.69 Å². The highest BCUT2D eigenvalue weighted by Crippen LogP contribution is 2.18. The highest BCUT2D eigenvalue weighted by molar-refractivity contribution is 5.81. The smallest absolute Gasteiger partial charge is 0.271 e. The fourth-order valence-corrected chi connectivity index (χ4v) is 1.96. The monoisotopic (exact) mass is 282 g/mol. The van der Waals surface area contributed by atoms with Gasteiger partial charge in [0.1, 0.15) is 0 Å². The summed E-state index contributed by atoms with van der Waals surface area (Å²) in [6, 6.07) is 13.1. The largest absolute Gasteiger partial charge is 0.326 e. The second-order valence-corrected chi connectivity index (χ2v) is 4.36. The second kappa shape index (κ2) is 5.04. The van der Waals surface area contributed by atoms with Crippen LogP contribution in [0.15, 0.2) is 53.3 Å². The van der Waals surface area contributed by atoms with Crippen LogP contribution in [0.1, 0.15) is 0 Å². The van der Waals surface area contributed by atoms with Crippen LogP contribution in [-0.2, 0) is 0 Å². The van der Waals surface area contributed by atoms with Gasteiger partial charge in [-0.3, -0.25) is 19.9 Å². The lowest BCUT2D eigenvalue weighted by molar-refractivity contribution is -0.384. The van der Waals surface area contributed by atoms with Crippen LogP contribution in [0.5, 0.6) is 0 Å². The third kappa shape index (κ3) is 2.57. The Kier molecular flexibility index (Phi) is 3.07. The van der Waals surface area contributed by atoms with Gasteiger partial charge in [-0.15, -0.1) is 0 Å². The summed E-state index contributed by atoms with van der Waals surface area (Å²) >= 11 is 0. The van der Waals surface area contributed by atoms with Gasteiger partial charge in [0.25, 0.3) is 11.2 Å². The van der Waals surface area contributed by atoms with Gasteiger partial charge in [0.15, 0.2) is 0 Å². The van der Waals surface area contributed by atoms with Crippen molar-refractivity contribution in [3.63, 3.8) is 0 Å². The fraction of sp³-hybridized carbons (Fsp3) is 0. The van der Waals surface area contributed by atoms with Crippen molar-refractivity contribution in [3.8, 4) is 0 Å². The molecule has 0 radical (unpaired) electrons. The number of aromatic amines is 1. The first-order chi connectivity index (χ1) is 10.1. The maximum absolute atomic E-state index is 12.0. The topological polar surface area (TPSA) is 101 Å². The molecule has 0 saturated heterocycles. The molecular weight excluding hydrogens is 272 g/mol. The molecule has 3 aromatic rings. The van der Waals surface area contributed by atoms with Crippen molar-refractivity contribution in [2.75, 3.05) is 5.32 Å². The number of nitrogens with zero attached hydrogens (tertiary/aromatic N) is 2. The van der Waals surface area contributed by atoms with Gasteiger partial charge in [-0.25, -0.2) is 4.98 Å². The molecule has 0 unspecified atom stereocenters. The Balaban J connectivity index is 2.08. The predicted octanol–water partition coefficient (Wildman–Crippen LogP) is 2.57. The first kappa shape index (κ1) is 12.8. The number of rotatable bonds is 3. The van der Waals surface area contributed by atoms with Crippen molar-refractivity contribution in [2.24, 2.45) is 0 Å². The number of fused-ring (bicyclic) bond motifs is 1. The summed E-state index contributed by atoms with van der Waals surface area (Å²) in [5.74, 6) is 0.235. The van der Waals surface area contributed by atoms with E-state index in [-0.39, 0.29) is 22.7 Å². The molecule has 0 bridgehead atoms. The SMILES string of the molecule is O=c1[nH]c(Nc2ccccc2)nc2cc([N+](=O)[O-])ccc12. The molecule has 0 aliphatic rings. The first-order valence-electron chi connectivity index (χ1n) is 6.14. The normalized spacial score (nSPS) is 10.5. The summed E-state index contributed by atoms with van der Waals surface area (Å²) < 4.78 is 0. The van der Waals surface area contributed by atoms with Crippen molar-refractivity contribution in [1.82, 2.24) is 9.97 Å². The number of nitro groups is 1. The van der Waals surface area contributed by atoms with Crippen LogP contribution in [0.2, 0.25) is 0 Å². The number of non-ortho nitro benzene ring substituents is 1. The van der Waals surface area contributed by atoms with E-state index < -0.39 is 4.92 Å². The Morgan fingerprint density at radius 3 is 2.62 bits per heavy atom. The van der Waals surface area contributed by atoms with E-state index in [1.807, 2.05) is 30.3 Å². The number of H-pyrrole nitrogens is 1. The minimum Gasteiger partial charge on any atom is -0.326 e. The maximum atomic E-state index is 12.0. The summed E-state index contributed by atoms with van der Waals surface area (Å²) in [6.07, 6.45) is 0. The molecule has 104 valence electrons. The zero-order valence-corrected chi connectivity index (χ0v) is 10.7. The summed E-state index contributed by atoms with van der Waals surface area (Å²) in [5.41, 5.74) is 0.566. The fourth-order valence-electron chi connectivity index (χ4n) is 1.96. The third-order valence-corrected chi connectivity index (χ3v) is 2.94. The van der Waals surface area contributed by atoms with Crippen LogP contribution >= 0.6 is 0 Å². The minimum atomic E-state index is -0.521. The lowest BCUT2D eigenvalue weighted by Crippen LogP contribution is -2.11. The van der Waals surface area contributed by atoms with E-state index in [1.54, 1.807) is 0 Å². The van der Waals surface area contributed by atoms with Gasteiger partial charge < -0.3 is 5.32 Å². The molecule has 0 amide bonds. The van der Waals surface area contributed by atoms with Gasteiger partial charge in [-0.05, 0) is 18.2 Å². The van der Waals surface area contributed by atoms with Crippen LogP contribution in [0, 0.1) is 10.1 Å². The van der Waals surface area contributed by atoms with E-state index in [0.29, 0.717) is 5.39 Å². The molecule has 2 aromatic carbocycles. The Bertz CT molecular complexity index is 874. The van der Waals surface area contributed by atoms with E-state index in [9.17, 15) is 14.9 Å². The Morgan fingerprint density at radius 2 is 1.90 bits per heavy atom. The molecule has 1 aromatic heterocycles. The van der Waals surface area contributed by atoms with Crippen LogP contribution in [0.4, 0.5) is 17.3 Å². The van der Waals surface area contributed by atoms with Gasteiger partial charge in [0, 0.05) is 17.8 Å². The summed E-state index contributed by atoms with van der Waals surface area (Å²) in [6.45, 7) is 0. The molecule has 3 rings (SSSR count). The average molecular weight is 282 g/mol. The van der Waals surface area contributed by atoms with Gasteiger partial charge in [0.05, 0.1) is 15.8 Å². The average Bonchev–Trinajstić information content (AvgIpc) is 2.47. The molecule has 0 aliphatic carbocycles. The maximum Gasteiger partial charge on any atom is 0.271 e. The number of benzene rings is 2. The Hall–Kier alpha value is -3.22. The van der Waals surface area contributed by atoms with Gasteiger partial charge in [0.2, 0.25) is 5.95 Å². The van der Waals surface area contributed by atoms with E-state index >= 15 is 0 Å². The Morgan fingerprint density at radius 1 is 1.14 bits per heavy atom. The van der Waals surface area contributed by atoms with Crippen molar-refractivity contribution in [1.29, 1.82) is 0 Å². The van der Waals surface area contributed by atoms with Crippen LogP contribution in [-0.4, -0.2) is 14.9 Å². The first-order valence-corrected chi connectivity index (χ1v) is 6.14. The zero-order valence-electron chi connectivity index (χ0n) is 10.7. The van der Waals surface area contributed by atoms with Gasteiger partial charge in [-0.1, -0.05) is 18.2 Å². The standard InChI is InChI=1S/C14H10N4O3/c19-13-11-7-6-10(18(20)21)8-12(11)16-14(17-13)15-9-4-2-1-3-5-9/h1-8H,(H2,15,16,17,19). The van der Waals surface area contributed by atoms with Crippen molar-refractivity contribution in [3.05, 3.63) is 69.0 Å². The minimum absolute atomic E-state index is 0.105. The molecule has 21 heavy (non-hydrogen) atoms. The lowest BCUT2D eigenvalue weighted by atomic mass is 10.2. The van der Waals surface area contributed by atoms with Gasteiger partial charge >= 0.3 is 0 Å². The number of para-hydroxylation sites is 1. The van der Waals surface area contributed by atoms with Crippen molar-refractivity contribution in [2.45, 2.75) is 0 Å². The molecule has 7 heteroatoms. The van der Waals surface area contributed by atoms with E-state index in [4.69, 9.17) is 0 Å². The number of nitro benzene ring substituents is 1. The summed E-state index contributed by atoms with van der Waals surface area (Å²) in [4.78, 5) is 29.0. The second-order valence-electron chi connectivity index (χ2n) is 4.36. The molecule has 0 fully saturated rings. The molecule has 7 nitrogen and oxygen atoms in total. The van der Waals surface area contributed by atoms with Crippen LogP contribution < -0.4 is 10.9 Å². The summed E-state index contributed by atoms with van der Waals surface area (Å²) in [5, 5.41) is 14.0. The Labute approximate surface area is 118 Å². The number of aromatic nitrogens is 2. The van der Waals surface area contributed by atoms with Crippen molar-refractivity contribution >= 4 is 28.2 Å². The third-order valence-electron chi connectivity index (χ3n) is 2.94. The van der Waals surface area contributed by atoms with E-state index in [1.165, 1.54) is 18.2 Å². The number of nitrogens with one attached hydrogen (secondary N) is 2. The highest BCUT2D eigenvalue weighted by Gasteiger charge is 2.10. The molecule has 0 saturated carbocycles. The van der Waals surface area contributed by atoms with Crippen LogP contribution in [0.25, 0.3) is 10.9 Å². The molecule has 0 aliphatic heterocycles.